The van der Waals surface area contributed by atoms with E-state index in [0.717, 1.165) is 23.4 Å². The lowest BCUT2D eigenvalue weighted by Gasteiger charge is -2.14. The van der Waals surface area contributed by atoms with Crippen LogP contribution in [0.1, 0.15) is 32.8 Å². The third-order valence-corrected chi connectivity index (χ3v) is 3.26. The van der Waals surface area contributed by atoms with Crippen LogP contribution in [-0.4, -0.2) is 10.7 Å². The Labute approximate surface area is 130 Å². The van der Waals surface area contributed by atoms with Gasteiger partial charge in [-0.1, -0.05) is 6.92 Å². The van der Waals surface area contributed by atoms with Crippen molar-refractivity contribution in [3.63, 3.8) is 0 Å². The molecule has 0 saturated carbocycles. The molecule has 0 N–H and O–H groups in total. The van der Waals surface area contributed by atoms with Gasteiger partial charge >= 0.3 is 0 Å². The molecule has 0 atom stereocenters. The standard InChI is InChI=1S/C18H20N2O2/c1-4-11-20-17(10-7-15(12-19)18(20)21)14-5-8-16(9-6-14)22-13(2)3/h5-10,13H,4,11H2,1-3H3. The van der Waals surface area contributed by atoms with Gasteiger partial charge in [0.15, 0.2) is 0 Å². The predicted octanol–water partition coefficient (Wildman–Crippen LogP) is 3.58. The maximum Gasteiger partial charge on any atom is 0.268 e. The number of pyridine rings is 1. The molecule has 2 rings (SSSR count). The van der Waals surface area contributed by atoms with E-state index in [4.69, 9.17) is 10.00 Å². The monoisotopic (exact) mass is 296 g/mol. The number of hydrogen-bond acceptors (Lipinski definition) is 3. The largest absolute Gasteiger partial charge is 0.491 e. The molecule has 1 aromatic carbocycles. The first-order valence-electron chi connectivity index (χ1n) is 7.47. The van der Waals surface area contributed by atoms with Crippen molar-refractivity contribution in [2.45, 2.75) is 39.8 Å². The van der Waals surface area contributed by atoms with Crippen molar-refractivity contribution in [3.05, 3.63) is 52.3 Å². The maximum atomic E-state index is 12.3. The smallest absolute Gasteiger partial charge is 0.268 e. The molecule has 0 bridgehead atoms. The number of rotatable bonds is 5. The van der Waals surface area contributed by atoms with E-state index in [9.17, 15) is 4.79 Å². The Bertz CT molecular complexity index is 737. The highest BCUT2D eigenvalue weighted by Gasteiger charge is 2.10. The van der Waals surface area contributed by atoms with Gasteiger partial charge in [0.05, 0.1) is 11.8 Å². The third-order valence-electron chi connectivity index (χ3n) is 3.26. The first-order valence-corrected chi connectivity index (χ1v) is 7.47. The Morgan fingerprint density at radius 2 is 1.86 bits per heavy atom. The Hall–Kier alpha value is -2.54. The maximum absolute atomic E-state index is 12.3. The number of ether oxygens (including phenoxy) is 1. The molecule has 1 heterocycles. The van der Waals surface area contributed by atoms with E-state index in [1.807, 2.05) is 57.2 Å². The summed E-state index contributed by atoms with van der Waals surface area (Å²) in [5, 5.41) is 9.01. The minimum absolute atomic E-state index is 0.124. The highest BCUT2D eigenvalue weighted by Crippen LogP contribution is 2.22. The molecule has 0 aliphatic rings. The molecule has 0 aliphatic carbocycles. The highest BCUT2D eigenvalue weighted by molar-refractivity contribution is 5.61. The second-order valence-electron chi connectivity index (χ2n) is 5.39. The molecule has 22 heavy (non-hydrogen) atoms. The lowest BCUT2D eigenvalue weighted by Crippen LogP contribution is -2.23. The SMILES string of the molecule is CCCn1c(-c2ccc(OC(C)C)cc2)ccc(C#N)c1=O. The van der Waals surface area contributed by atoms with Crippen molar-refractivity contribution in [2.75, 3.05) is 0 Å². The van der Waals surface area contributed by atoms with Crippen molar-refractivity contribution in [1.29, 1.82) is 5.26 Å². The zero-order valence-corrected chi connectivity index (χ0v) is 13.2. The molecular weight excluding hydrogens is 276 g/mol. The van der Waals surface area contributed by atoms with Gasteiger partial charge in [0.2, 0.25) is 0 Å². The van der Waals surface area contributed by atoms with Crippen LogP contribution >= 0.6 is 0 Å². The van der Waals surface area contributed by atoms with Gasteiger partial charge in [0.25, 0.3) is 5.56 Å². The van der Waals surface area contributed by atoms with Crippen LogP contribution in [0, 0.1) is 11.3 Å². The Balaban J connectivity index is 2.46. The summed E-state index contributed by atoms with van der Waals surface area (Å²) in [7, 11) is 0. The summed E-state index contributed by atoms with van der Waals surface area (Å²) in [6.45, 7) is 6.56. The van der Waals surface area contributed by atoms with Crippen molar-refractivity contribution in [3.8, 4) is 23.1 Å². The molecule has 0 saturated heterocycles. The van der Waals surface area contributed by atoms with Gasteiger partial charge in [-0.2, -0.15) is 5.26 Å². The van der Waals surface area contributed by atoms with E-state index in [2.05, 4.69) is 0 Å². The van der Waals surface area contributed by atoms with Gasteiger partial charge in [-0.05, 0) is 62.2 Å². The summed E-state index contributed by atoms with van der Waals surface area (Å²) in [6, 6.07) is 13.0. The Morgan fingerprint density at radius 1 is 1.18 bits per heavy atom. The summed E-state index contributed by atoms with van der Waals surface area (Å²) < 4.78 is 7.29. The Morgan fingerprint density at radius 3 is 2.41 bits per heavy atom. The van der Waals surface area contributed by atoms with Crippen LogP contribution in [0.25, 0.3) is 11.3 Å². The lowest BCUT2D eigenvalue weighted by atomic mass is 10.1. The van der Waals surface area contributed by atoms with E-state index >= 15 is 0 Å². The van der Waals surface area contributed by atoms with Crippen LogP contribution in [0.2, 0.25) is 0 Å². The summed E-state index contributed by atoms with van der Waals surface area (Å²) in [6.07, 6.45) is 0.954. The number of nitrogens with zero attached hydrogens (tertiary/aromatic N) is 2. The molecule has 4 nitrogen and oxygen atoms in total. The second-order valence-corrected chi connectivity index (χ2v) is 5.39. The zero-order valence-electron chi connectivity index (χ0n) is 13.2. The molecule has 114 valence electrons. The van der Waals surface area contributed by atoms with Crippen LogP contribution in [0.5, 0.6) is 5.75 Å². The molecule has 1 aromatic heterocycles. The molecule has 0 fully saturated rings. The minimum atomic E-state index is -0.232. The lowest BCUT2D eigenvalue weighted by molar-refractivity contribution is 0.242. The van der Waals surface area contributed by atoms with Crippen molar-refractivity contribution in [2.24, 2.45) is 0 Å². The highest BCUT2D eigenvalue weighted by atomic mass is 16.5. The van der Waals surface area contributed by atoms with Crippen molar-refractivity contribution >= 4 is 0 Å². The number of benzene rings is 1. The summed E-state index contributed by atoms with van der Waals surface area (Å²) in [5.41, 5.74) is 1.70. The Kier molecular flexibility index (Phi) is 5.00. The third kappa shape index (κ3) is 3.37. The van der Waals surface area contributed by atoms with Crippen molar-refractivity contribution in [1.82, 2.24) is 4.57 Å². The molecular formula is C18H20N2O2. The fourth-order valence-electron chi connectivity index (χ4n) is 2.34. The number of aromatic nitrogens is 1. The summed E-state index contributed by atoms with van der Waals surface area (Å²) >= 11 is 0. The first-order chi connectivity index (χ1) is 10.6. The topological polar surface area (TPSA) is 55.0 Å². The van der Waals surface area contributed by atoms with Crippen LogP contribution < -0.4 is 10.3 Å². The molecule has 0 radical (unpaired) electrons. The first kappa shape index (κ1) is 15.8. The van der Waals surface area contributed by atoms with Crippen LogP contribution in [0.3, 0.4) is 0 Å². The van der Waals surface area contributed by atoms with Crippen LogP contribution in [0.4, 0.5) is 0 Å². The molecule has 0 amide bonds. The van der Waals surface area contributed by atoms with Gasteiger partial charge in [-0.25, -0.2) is 0 Å². The van der Waals surface area contributed by atoms with E-state index < -0.39 is 0 Å². The van der Waals surface area contributed by atoms with Gasteiger partial charge in [-0.3, -0.25) is 4.79 Å². The van der Waals surface area contributed by atoms with Crippen LogP contribution in [-0.2, 0) is 6.54 Å². The minimum Gasteiger partial charge on any atom is -0.491 e. The van der Waals surface area contributed by atoms with Gasteiger partial charge in [0, 0.05) is 6.54 Å². The average molecular weight is 296 g/mol. The quantitative estimate of drug-likeness (QED) is 0.847. The molecule has 0 unspecified atom stereocenters. The van der Waals surface area contributed by atoms with Gasteiger partial charge in [-0.15, -0.1) is 0 Å². The van der Waals surface area contributed by atoms with Crippen molar-refractivity contribution < 1.29 is 4.74 Å². The average Bonchev–Trinajstić information content (AvgIpc) is 2.50. The molecule has 4 heteroatoms. The number of nitriles is 1. The zero-order chi connectivity index (χ0) is 16.1. The normalized spacial score (nSPS) is 10.5. The van der Waals surface area contributed by atoms with Gasteiger partial charge < -0.3 is 9.30 Å². The fourth-order valence-corrected chi connectivity index (χ4v) is 2.34. The van der Waals surface area contributed by atoms with Gasteiger partial charge in [0.1, 0.15) is 17.4 Å². The summed E-state index contributed by atoms with van der Waals surface area (Å²) in [5.74, 6) is 0.803. The number of hydrogen-bond donors (Lipinski definition) is 0. The van der Waals surface area contributed by atoms with E-state index in [0.29, 0.717) is 6.54 Å². The molecule has 0 aliphatic heterocycles. The van der Waals surface area contributed by atoms with E-state index in [1.165, 1.54) is 0 Å². The predicted molar refractivity (Wildman–Crippen MR) is 86.9 cm³/mol. The fraction of sp³-hybridized carbons (Fsp3) is 0.333. The molecule has 0 spiro atoms. The summed E-state index contributed by atoms with van der Waals surface area (Å²) in [4.78, 5) is 12.3. The molecule has 2 aromatic rings. The van der Waals surface area contributed by atoms with E-state index in [-0.39, 0.29) is 17.2 Å². The van der Waals surface area contributed by atoms with E-state index in [1.54, 1.807) is 10.6 Å². The second kappa shape index (κ2) is 6.95. The van der Waals surface area contributed by atoms with Crippen LogP contribution in [0.15, 0.2) is 41.2 Å².